The van der Waals surface area contributed by atoms with Crippen molar-refractivity contribution in [3.63, 3.8) is 0 Å². The number of urea groups is 1. The lowest BCUT2D eigenvalue weighted by molar-refractivity contribution is 0.252. The van der Waals surface area contributed by atoms with E-state index in [0.29, 0.717) is 0 Å². The number of anilines is 2. The molecule has 1 heterocycles. The van der Waals surface area contributed by atoms with Crippen LogP contribution in [0.5, 0.6) is 0 Å². The maximum absolute atomic E-state index is 11.6. The van der Waals surface area contributed by atoms with Crippen molar-refractivity contribution < 1.29 is 4.79 Å². The summed E-state index contributed by atoms with van der Waals surface area (Å²) >= 11 is 0. The van der Waals surface area contributed by atoms with E-state index in [-0.39, 0.29) is 6.03 Å². The van der Waals surface area contributed by atoms with Crippen LogP contribution in [0.15, 0.2) is 36.4 Å². The van der Waals surface area contributed by atoms with E-state index in [1.807, 2.05) is 12.1 Å². The number of carbonyl (C=O) groups is 1. The summed E-state index contributed by atoms with van der Waals surface area (Å²) in [5, 5.41) is 6.37. The Bertz CT molecular complexity index is 566. The minimum absolute atomic E-state index is 0.00415. The van der Waals surface area contributed by atoms with Gasteiger partial charge in [0, 0.05) is 31.0 Å². The third-order valence-electron chi connectivity index (χ3n) is 5.02. The van der Waals surface area contributed by atoms with Gasteiger partial charge in [0.05, 0.1) is 0 Å². The Kier molecular flexibility index (Phi) is 3.09. The molecule has 2 N–H and O–H groups in total. The number of rotatable bonds is 4. The summed E-state index contributed by atoms with van der Waals surface area (Å²) in [6.45, 7) is 2.54. The van der Waals surface area contributed by atoms with Crippen molar-refractivity contribution in [2.75, 3.05) is 29.9 Å². The summed E-state index contributed by atoms with van der Waals surface area (Å²) < 4.78 is 0. The van der Waals surface area contributed by atoms with Crippen LogP contribution in [-0.2, 0) is 0 Å². The fraction of sp³-hybridized carbons (Fsp3) is 0.471. The van der Waals surface area contributed by atoms with E-state index in [4.69, 9.17) is 0 Å². The summed E-state index contributed by atoms with van der Waals surface area (Å²) in [5.41, 5.74) is 2.11. The number of hydrogen-bond acceptors (Lipinski definition) is 2. The van der Waals surface area contributed by atoms with Gasteiger partial charge in [-0.1, -0.05) is 12.2 Å². The third-order valence-corrected chi connectivity index (χ3v) is 5.02. The summed E-state index contributed by atoms with van der Waals surface area (Å²) in [7, 11) is 0. The molecular weight excluding hydrogens is 262 g/mol. The molecule has 3 unspecified atom stereocenters. The molecule has 4 heteroatoms. The average molecular weight is 283 g/mol. The first-order valence-corrected chi connectivity index (χ1v) is 7.87. The van der Waals surface area contributed by atoms with Crippen LogP contribution >= 0.6 is 0 Å². The van der Waals surface area contributed by atoms with Crippen molar-refractivity contribution >= 4 is 17.4 Å². The van der Waals surface area contributed by atoms with Gasteiger partial charge in [-0.2, -0.15) is 0 Å². The number of allylic oxidation sites excluding steroid dienone is 2. The summed E-state index contributed by atoms with van der Waals surface area (Å²) in [6.07, 6.45) is 7.47. The Hall–Kier alpha value is -1.97. The van der Waals surface area contributed by atoms with Gasteiger partial charge in [0.15, 0.2) is 0 Å². The SMILES string of the molecule is O=C1NCCN1c1ccc(NCC2CC3C=CC2C3)cc1. The van der Waals surface area contributed by atoms with Crippen LogP contribution in [0.3, 0.4) is 0 Å². The summed E-state index contributed by atoms with van der Waals surface area (Å²) in [6, 6.07) is 8.19. The number of nitrogens with one attached hydrogen (secondary N) is 2. The van der Waals surface area contributed by atoms with Crippen LogP contribution in [0.4, 0.5) is 16.2 Å². The number of nitrogens with zero attached hydrogens (tertiary/aromatic N) is 1. The minimum Gasteiger partial charge on any atom is -0.385 e. The first kappa shape index (κ1) is 12.7. The van der Waals surface area contributed by atoms with Gasteiger partial charge in [-0.15, -0.1) is 0 Å². The predicted molar refractivity (Wildman–Crippen MR) is 84.5 cm³/mol. The van der Waals surface area contributed by atoms with Crippen molar-refractivity contribution in [3.8, 4) is 0 Å². The molecule has 21 heavy (non-hydrogen) atoms. The molecule has 110 valence electrons. The molecule has 2 bridgehead atoms. The van der Waals surface area contributed by atoms with Crippen molar-refractivity contribution in [1.82, 2.24) is 5.32 Å². The van der Waals surface area contributed by atoms with E-state index < -0.39 is 0 Å². The number of hydrogen-bond donors (Lipinski definition) is 2. The van der Waals surface area contributed by atoms with Gasteiger partial charge in [-0.3, -0.25) is 4.90 Å². The van der Waals surface area contributed by atoms with Crippen LogP contribution in [0, 0.1) is 17.8 Å². The molecule has 1 aliphatic heterocycles. The van der Waals surface area contributed by atoms with Crippen molar-refractivity contribution in [2.45, 2.75) is 12.8 Å². The molecule has 2 aliphatic carbocycles. The van der Waals surface area contributed by atoms with Crippen LogP contribution in [-0.4, -0.2) is 25.7 Å². The Balaban J connectivity index is 1.36. The fourth-order valence-corrected chi connectivity index (χ4v) is 3.86. The highest BCUT2D eigenvalue weighted by molar-refractivity contribution is 5.94. The lowest BCUT2D eigenvalue weighted by atomic mass is 9.93. The Labute approximate surface area is 125 Å². The quantitative estimate of drug-likeness (QED) is 0.835. The van der Waals surface area contributed by atoms with Crippen LogP contribution < -0.4 is 15.5 Å². The number of carbonyl (C=O) groups excluding carboxylic acids is 1. The zero-order valence-corrected chi connectivity index (χ0v) is 12.1. The average Bonchev–Trinajstić information content (AvgIpc) is 3.22. The number of benzene rings is 1. The lowest BCUT2D eigenvalue weighted by Gasteiger charge is -2.20. The highest BCUT2D eigenvalue weighted by Gasteiger charge is 2.35. The molecule has 1 aromatic rings. The molecule has 1 saturated heterocycles. The van der Waals surface area contributed by atoms with Gasteiger partial charge in [-0.25, -0.2) is 4.79 Å². The minimum atomic E-state index is 0.00415. The zero-order chi connectivity index (χ0) is 14.2. The molecule has 4 rings (SSSR count). The second kappa shape index (κ2) is 5.10. The molecule has 0 radical (unpaired) electrons. The highest BCUT2D eigenvalue weighted by Crippen LogP contribution is 2.43. The summed E-state index contributed by atoms with van der Waals surface area (Å²) in [4.78, 5) is 13.4. The molecule has 0 spiro atoms. The molecule has 1 saturated carbocycles. The second-order valence-corrected chi connectivity index (χ2v) is 6.35. The highest BCUT2D eigenvalue weighted by atomic mass is 16.2. The molecule has 3 atom stereocenters. The monoisotopic (exact) mass is 283 g/mol. The molecule has 4 nitrogen and oxygen atoms in total. The van der Waals surface area contributed by atoms with E-state index in [1.165, 1.54) is 12.8 Å². The molecule has 2 amide bonds. The molecule has 3 aliphatic rings. The van der Waals surface area contributed by atoms with Gasteiger partial charge >= 0.3 is 6.03 Å². The largest absolute Gasteiger partial charge is 0.385 e. The van der Waals surface area contributed by atoms with E-state index in [2.05, 4.69) is 34.9 Å². The van der Waals surface area contributed by atoms with Gasteiger partial charge in [0.25, 0.3) is 0 Å². The first-order valence-electron chi connectivity index (χ1n) is 7.87. The fourth-order valence-electron chi connectivity index (χ4n) is 3.86. The number of fused-ring (bicyclic) bond motifs is 2. The van der Waals surface area contributed by atoms with Crippen molar-refractivity contribution in [1.29, 1.82) is 0 Å². The Morgan fingerprint density at radius 2 is 2.05 bits per heavy atom. The molecular formula is C17H21N3O. The first-order chi connectivity index (χ1) is 10.3. The van der Waals surface area contributed by atoms with Crippen LogP contribution in [0.2, 0.25) is 0 Å². The standard InChI is InChI=1S/C17H21N3O/c21-17-18-7-8-20(17)16-5-3-15(4-6-16)19-11-14-10-12-1-2-13(14)9-12/h1-6,12-14,19H,7-11H2,(H,18,21). The second-order valence-electron chi connectivity index (χ2n) is 6.35. The van der Waals surface area contributed by atoms with Gasteiger partial charge in [-0.05, 0) is 54.9 Å². The number of amides is 2. The molecule has 0 aromatic heterocycles. The Morgan fingerprint density at radius 3 is 2.67 bits per heavy atom. The summed E-state index contributed by atoms with van der Waals surface area (Å²) in [5.74, 6) is 2.40. The van der Waals surface area contributed by atoms with Crippen LogP contribution in [0.1, 0.15) is 12.8 Å². The van der Waals surface area contributed by atoms with Crippen molar-refractivity contribution in [2.24, 2.45) is 17.8 Å². The maximum Gasteiger partial charge on any atom is 0.321 e. The Morgan fingerprint density at radius 1 is 1.19 bits per heavy atom. The van der Waals surface area contributed by atoms with E-state index in [9.17, 15) is 4.79 Å². The zero-order valence-electron chi connectivity index (χ0n) is 12.1. The third kappa shape index (κ3) is 2.39. The van der Waals surface area contributed by atoms with E-state index in [0.717, 1.165) is 48.8 Å². The van der Waals surface area contributed by atoms with Gasteiger partial charge < -0.3 is 10.6 Å². The van der Waals surface area contributed by atoms with Crippen LogP contribution in [0.25, 0.3) is 0 Å². The topological polar surface area (TPSA) is 44.4 Å². The maximum atomic E-state index is 11.6. The van der Waals surface area contributed by atoms with E-state index >= 15 is 0 Å². The smallest absolute Gasteiger partial charge is 0.321 e. The predicted octanol–water partition coefficient (Wildman–Crippen LogP) is 2.84. The van der Waals surface area contributed by atoms with Gasteiger partial charge in [0.2, 0.25) is 0 Å². The molecule has 1 aromatic carbocycles. The molecule has 2 fully saturated rings. The van der Waals surface area contributed by atoms with E-state index in [1.54, 1.807) is 4.90 Å². The van der Waals surface area contributed by atoms with Gasteiger partial charge in [0.1, 0.15) is 0 Å². The normalized spacial score (nSPS) is 30.0. The van der Waals surface area contributed by atoms with Crippen molar-refractivity contribution in [3.05, 3.63) is 36.4 Å². The lowest BCUT2D eigenvalue weighted by Crippen LogP contribution is -2.27.